The number of hydrogen-bond donors (Lipinski definition) is 2. The van der Waals surface area contributed by atoms with Crippen molar-refractivity contribution in [2.45, 2.75) is 32.3 Å². The van der Waals surface area contributed by atoms with E-state index in [4.69, 9.17) is 5.11 Å². The van der Waals surface area contributed by atoms with Gasteiger partial charge in [-0.05, 0) is 0 Å². The van der Waals surface area contributed by atoms with Crippen LogP contribution in [0, 0.1) is 0 Å². The van der Waals surface area contributed by atoms with Gasteiger partial charge in [0.05, 0.1) is 17.1 Å². The van der Waals surface area contributed by atoms with E-state index in [-0.39, 0.29) is 6.42 Å². The number of aromatic nitrogens is 1. The zero-order chi connectivity index (χ0) is 10.7. The first-order valence-electron chi connectivity index (χ1n) is 4.36. The predicted molar refractivity (Wildman–Crippen MR) is 53.4 cm³/mol. The molecule has 0 bridgehead atoms. The van der Waals surface area contributed by atoms with Crippen LogP contribution in [0.1, 0.15) is 43.0 Å². The summed E-state index contributed by atoms with van der Waals surface area (Å²) < 4.78 is 0. The normalized spacial score (nSPS) is 13.1. The molecule has 78 valence electrons. The molecule has 0 radical (unpaired) electrons. The standard InChI is InChI=1S/C9H13NO3S/c1-5(2)9-10-6(4-14-9)7(11)3-8(12)13/h4-5,7,11H,3H2,1-2H3,(H,12,13)/t7-/m0/s1. The number of carboxylic acids is 1. The average Bonchev–Trinajstić information content (AvgIpc) is 2.50. The smallest absolute Gasteiger partial charge is 0.306 e. The monoisotopic (exact) mass is 215 g/mol. The minimum absolute atomic E-state index is 0.290. The van der Waals surface area contributed by atoms with Gasteiger partial charge in [-0.2, -0.15) is 0 Å². The first kappa shape index (κ1) is 11.1. The van der Waals surface area contributed by atoms with Crippen molar-refractivity contribution in [2.75, 3.05) is 0 Å². The third-order valence-electron chi connectivity index (χ3n) is 1.74. The third kappa shape index (κ3) is 2.78. The van der Waals surface area contributed by atoms with Crippen molar-refractivity contribution in [1.82, 2.24) is 4.98 Å². The molecular weight excluding hydrogens is 202 g/mol. The van der Waals surface area contributed by atoms with Crippen LogP contribution >= 0.6 is 11.3 Å². The number of carbonyl (C=O) groups is 1. The van der Waals surface area contributed by atoms with Crippen LogP contribution in [-0.4, -0.2) is 21.2 Å². The summed E-state index contributed by atoms with van der Waals surface area (Å²) in [5, 5.41) is 20.6. The molecule has 0 fully saturated rings. The molecule has 0 aliphatic heterocycles. The maximum Gasteiger partial charge on any atom is 0.306 e. The van der Waals surface area contributed by atoms with Crippen LogP contribution in [0.2, 0.25) is 0 Å². The molecule has 0 saturated carbocycles. The molecule has 0 saturated heterocycles. The van der Waals surface area contributed by atoms with Crippen molar-refractivity contribution in [3.05, 3.63) is 16.1 Å². The largest absolute Gasteiger partial charge is 0.481 e. The van der Waals surface area contributed by atoms with Crippen molar-refractivity contribution in [1.29, 1.82) is 0 Å². The predicted octanol–water partition coefficient (Wildman–Crippen LogP) is 1.77. The van der Waals surface area contributed by atoms with Gasteiger partial charge in [-0.25, -0.2) is 4.98 Å². The number of nitrogens with zero attached hydrogens (tertiary/aromatic N) is 1. The number of hydrogen-bond acceptors (Lipinski definition) is 4. The quantitative estimate of drug-likeness (QED) is 0.803. The van der Waals surface area contributed by atoms with Gasteiger partial charge in [0.15, 0.2) is 0 Å². The highest BCUT2D eigenvalue weighted by molar-refractivity contribution is 7.09. The second-order valence-corrected chi connectivity index (χ2v) is 4.27. The fourth-order valence-electron chi connectivity index (χ4n) is 0.989. The lowest BCUT2D eigenvalue weighted by atomic mass is 10.2. The second-order valence-electron chi connectivity index (χ2n) is 3.38. The summed E-state index contributed by atoms with van der Waals surface area (Å²) in [6.45, 7) is 4.01. The molecule has 1 heterocycles. The number of thiazole rings is 1. The first-order chi connectivity index (χ1) is 6.50. The Hall–Kier alpha value is -0.940. The maximum atomic E-state index is 10.3. The van der Waals surface area contributed by atoms with Crippen LogP contribution in [0.5, 0.6) is 0 Å². The highest BCUT2D eigenvalue weighted by Gasteiger charge is 2.16. The SMILES string of the molecule is CC(C)c1nc([C@@H](O)CC(=O)O)cs1. The van der Waals surface area contributed by atoms with Gasteiger partial charge in [-0.15, -0.1) is 11.3 Å². The topological polar surface area (TPSA) is 70.4 Å². The molecule has 0 spiro atoms. The van der Waals surface area contributed by atoms with E-state index in [1.807, 2.05) is 13.8 Å². The zero-order valence-electron chi connectivity index (χ0n) is 8.10. The van der Waals surface area contributed by atoms with Crippen LogP contribution in [0.3, 0.4) is 0 Å². The third-order valence-corrected chi connectivity index (χ3v) is 2.91. The van der Waals surface area contributed by atoms with E-state index in [1.54, 1.807) is 5.38 Å². The van der Waals surface area contributed by atoms with Gasteiger partial charge < -0.3 is 10.2 Å². The number of rotatable bonds is 4. The van der Waals surface area contributed by atoms with Gasteiger partial charge in [0.25, 0.3) is 0 Å². The van der Waals surface area contributed by atoms with Gasteiger partial charge >= 0.3 is 5.97 Å². The van der Waals surface area contributed by atoms with Gasteiger partial charge in [-0.1, -0.05) is 13.8 Å². The summed E-state index contributed by atoms with van der Waals surface area (Å²) in [6.07, 6.45) is -1.28. The summed E-state index contributed by atoms with van der Waals surface area (Å²) in [6, 6.07) is 0. The van der Waals surface area contributed by atoms with Crippen LogP contribution < -0.4 is 0 Å². The second kappa shape index (κ2) is 4.52. The summed E-state index contributed by atoms with van der Waals surface area (Å²) in [5.74, 6) is -0.706. The van der Waals surface area contributed by atoms with Crippen molar-refractivity contribution in [3.8, 4) is 0 Å². The highest BCUT2D eigenvalue weighted by atomic mass is 32.1. The molecule has 0 unspecified atom stereocenters. The van der Waals surface area contributed by atoms with Gasteiger partial charge in [0.1, 0.15) is 6.10 Å². The van der Waals surface area contributed by atoms with Crippen LogP contribution in [0.4, 0.5) is 0 Å². The van der Waals surface area contributed by atoms with E-state index in [1.165, 1.54) is 11.3 Å². The molecule has 1 atom stereocenters. The minimum atomic E-state index is -1.02. The van der Waals surface area contributed by atoms with Crippen molar-refractivity contribution >= 4 is 17.3 Å². The molecule has 0 aliphatic carbocycles. The molecule has 0 amide bonds. The van der Waals surface area contributed by atoms with Crippen molar-refractivity contribution < 1.29 is 15.0 Å². The van der Waals surface area contributed by atoms with Crippen LogP contribution in [0.15, 0.2) is 5.38 Å². The fourth-order valence-corrected chi connectivity index (χ4v) is 1.87. The molecule has 0 aromatic carbocycles. The van der Waals surface area contributed by atoms with Crippen molar-refractivity contribution in [3.63, 3.8) is 0 Å². The fraction of sp³-hybridized carbons (Fsp3) is 0.556. The lowest BCUT2D eigenvalue weighted by molar-refractivity contribution is -0.139. The van der Waals surface area contributed by atoms with E-state index in [0.717, 1.165) is 5.01 Å². The average molecular weight is 215 g/mol. The van der Waals surface area contributed by atoms with E-state index >= 15 is 0 Å². The Morgan fingerprint density at radius 1 is 1.64 bits per heavy atom. The molecule has 1 rings (SSSR count). The molecule has 1 aromatic heterocycles. The highest BCUT2D eigenvalue weighted by Crippen LogP contribution is 2.24. The van der Waals surface area contributed by atoms with E-state index in [9.17, 15) is 9.90 Å². The van der Waals surface area contributed by atoms with Gasteiger partial charge in [-0.3, -0.25) is 4.79 Å². The van der Waals surface area contributed by atoms with E-state index < -0.39 is 12.1 Å². The summed E-state index contributed by atoms with van der Waals surface area (Å²) in [7, 11) is 0. The van der Waals surface area contributed by atoms with Crippen LogP contribution in [0.25, 0.3) is 0 Å². The summed E-state index contributed by atoms with van der Waals surface area (Å²) >= 11 is 1.45. The number of aliphatic hydroxyl groups excluding tert-OH is 1. The Balaban J connectivity index is 2.71. The van der Waals surface area contributed by atoms with E-state index in [0.29, 0.717) is 11.6 Å². The Morgan fingerprint density at radius 3 is 2.71 bits per heavy atom. The van der Waals surface area contributed by atoms with Gasteiger partial charge in [0, 0.05) is 11.3 Å². The molecule has 14 heavy (non-hydrogen) atoms. The zero-order valence-corrected chi connectivity index (χ0v) is 8.91. The summed E-state index contributed by atoms with van der Waals surface area (Å²) in [5.41, 5.74) is 0.459. The molecular formula is C9H13NO3S. The Kier molecular flexibility index (Phi) is 3.60. The molecule has 2 N–H and O–H groups in total. The lowest BCUT2D eigenvalue weighted by Gasteiger charge is -2.03. The van der Waals surface area contributed by atoms with Crippen LogP contribution in [-0.2, 0) is 4.79 Å². The number of carboxylic acid groups (broad SMARTS) is 1. The van der Waals surface area contributed by atoms with E-state index in [2.05, 4.69) is 4.98 Å². The lowest BCUT2D eigenvalue weighted by Crippen LogP contribution is -2.05. The molecule has 4 nitrogen and oxygen atoms in total. The Bertz CT molecular complexity index is 322. The van der Waals surface area contributed by atoms with Crippen molar-refractivity contribution in [2.24, 2.45) is 0 Å². The Morgan fingerprint density at radius 2 is 2.29 bits per heavy atom. The molecule has 1 aromatic rings. The molecule has 0 aliphatic rings. The maximum absolute atomic E-state index is 10.3. The minimum Gasteiger partial charge on any atom is -0.481 e. The first-order valence-corrected chi connectivity index (χ1v) is 5.24. The summed E-state index contributed by atoms with van der Waals surface area (Å²) in [4.78, 5) is 14.5. The molecule has 5 heteroatoms. The number of aliphatic hydroxyl groups is 1. The van der Waals surface area contributed by atoms with Gasteiger partial charge in [0.2, 0.25) is 0 Å². The number of aliphatic carboxylic acids is 1. The Labute approximate surface area is 86.2 Å².